The van der Waals surface area contributed by atoms with Crippen LogP contribution in [-0.2, 0) is 0 Å². The molecule has 0 bridgehead atoms. The molecule has 0 saturated carbocycles. The Balaban J connectivity index is 1.91. The second kappa shape index (κ2) is 6.01. The minimum absolute atomic E-state index is 0.155. The number of hydrogen-bond acceptors (Lipinski definition) is 5. The first kappa shape index (κ1) is 15.5. The highest BCUT2D eigenvalue weighted by atomic mass is 16.4. The quantitative estimate of drug-likeness (QED) is 0.800. The summed E-state index contributed by atoms with van der Waals surface area (Å²) in [5, 5.41) is 16.1. The topological polar surface area (TPSA) is 96.7 Å². The summed E-state index contributed by atoms with van der Waals surface area (Å²) < 4.78 is 7.05. The maximum atomic E-state index is 12.5. The summed E-state index contributed by atoms with van der Waals surface area (Å²) in [4.78, 5) is 16.7. The first-order chi connectivity index (χ1) is 11.5. The molecule has 3 heterocycles. The van der Waals surface area contributed by atoms with Gasteiger partial charge >= 0.3 is 0 Å². The monoisotopic (exact) mass is 321 g/mol. The zero-order chi connectivity index (χ0) is 17.3. The molecule has 0 aromatic carbocycles. The normalized spacial score (nSPS) is 10.4. The van der Waals surface area contributed by atoms with Gasteiger partial charge in [-0.25, -0.2) is 9.67 Å². The van der Waals surface area contributed by atoms with Crippen LogP contribution in [0.4, 0.5) is 5.88 Å². The number of nitrogens with one attached hydrogen (secondary N) is 1. The molecule has 1 amide bonds. The van der Waals surface area contributed by atoms with Crippen LogP contribution in [0.1, 0.15) is 32.9 Å². The Kier molecular flexibility index (Phi) is 3.88. The van der Waals surface area contributed by atoms with Crippen molar-refractivity contribution in [2.75, 3.05) is 5.32 Å². The lowest BCUT2D eigenvalue weighted by Crippen LogP contribution is -2.13. The molecule has 24 heavy (non-hydrogen) atoms. The van der Waals surface area contributed by atoms with E-state index in [1.807, 2.05) is 12.1 Å². The van der Waals surface area contributed by atoms with E-state index in [-0.39, 0.29) is 11.8 Å². The molecule has 1 N–H and O–H groups in total. The van der Waals surface area contributed by atoms with Gasteiger partial charge in [0.1, 0.15) is 17.4 Å². The van der Waals surface area contributed by atoms with E-state index < -0.39 is 0 Å². The fraction of sp³-hybridized carbons (Fsp3) is 0.176. The number of anilines is 1. The smallest absolute Gasteiger partial charge is 0.261 e. The molecule has 0 fully saturated rings. The zero-order valence-corrected chi connectivity index (χ0v) is 13.5. The molecule has 0 aliphatic rings. The van der Waals surface area contributed by atoms with E-state index in [0.717, 1.165) is 0 Å². The van der Waals surface area contributed by atoms with Crippen molar-refractivity contribution in [1.82, 2.24) is 14.8 Å². The van der Waals surface area contributed by atoms with Gasteiger partial charge in [-0.15, -0.1) is 0 Å². The number of amides is 1. The SMILES string of the molecule is Cc1oc(NC(=O)c2cnn(-c3ccccn3)c2C)c(C#N)c1C. The zero-order valence-electron chi connectivity index (χ0n) is 13.5. The van der Waals surface area contributed by atoms with Crippen LogP contribution in [0.25, 0.3) is 5.82 Å². The number of carbonyl (C=O) groups excluding carboxylic acids is 1. The number of aromatic nitrogens is 3. The minimum atomic E-state index is -0.389. The maximum Gasteiger partial charge on any atom is 0.261 e. The predicted molar refractivity (Wildman–Crippen MR) is 86.9 cm³/mol. The summed E-state index contributed by atoms with van der Waals surface area (Å²) in [7, 11) is 0. The summed E-state index contributed by atoms with van der Waals surface area (Å²) in [5.74, 6) is 0.988. The van der Waals surface area contributed by atoms with Gasteiger partial charge in [0.05, 0.1) is 17.5 Å². The van der Waals surface area contributed by atoms with Gasteiger partial charge in [0.15, 0.2) is 5.82 Å². The number of carbonyl (C=O) groups is 1. The van der Waals surface area contributed by atoms with Crippen molar-refractivity contribution in [2.45, 2.75) is 20.8 Å². The van der Waals surface area contributed by atoms with Gasteiger partial charge in [-0.1, -0.05) is 6.07 Å². The summed E-state index contributed by atoms with van der Waals surface area (Å²) in [6.07, 6.45) is 3.12. The third-order valence-corrected chi connectivity index (χ3v) is 3.84. The second-order valence-corrected chi connectivity index (χ2v) is 5.30. The van der Waals surface area contributed by atoms with E-state index in [1.165, 1.54) is 6.20 Å². The molecular weight excluding hydrogens is 306 g/mol. The molecular formula is C17H15N5O2. The van der Waals surface area contributed by atoms with Crippen LogP contribution >= 0.6 is 0 Å². The average Bonchev–Trinajstić information content (AvgIpc) is 3.09. The highest BCUT2D eigenvalue weighted by Crippen LogP contribution is 2.26. The van der Waals surface area contributed by atoms with Crippen molar-refractivity contribution in [3.8, 4) is 11.9 Å². The van der Waals surface area contributed by atoms with Crippen LogP contribution in [0.15, 0.2) is 35.0 Å². The Morgan fingerprint density at radius 1 is 1.33 bits per heavy atom. The summed E-state index contributed by atoms with van der Waals surface area (Å²) in [6, 6.07) is 7.50. The Hall–Kier alpha value is -3.40. The van der Waals surface area contributed by atoms with Crippen molar-refractivity contribution in [3.63, 3.8) is 0 Å². The molecule has 3 aromatic rings. The standard InChI is InChI=1S/C17H15N5O2/c1-10-12(3)24-17(13(10)8-18)21-16(23)14-9-20-22(11(14)2)15-6-4-5-7-19-15/h4-7,9H,1-3H3,(H,21,23). The number of nitriles is 1. The molecule has 0 spiro atoms. The van der Waals surface area contributed by atoms with Crippen molar-refractivity contribution < 1.29 is 9.21 Å². The Bertz CT molecular complexity index is 948. The highest BCUT2D eigenvalue weighted by Gasteiger charge is 2.20. The first-order valence-electron chi connectivity index (χ1n) is 7.30. The van der Waals surface area contributed by atoms with Crippen molar-refractivity contribution >= 4 is 11.8 Å². The molecule has 0 aliphatic carbocycles. The number of furan rings is 1. The molecule has 0 aliphatic heterocycles. The molecule has 7 nitrogen and oxygen atoms in total. The third-order valence-electron chi connectivity index (χ3n) is 3.84. The Morgan fingerprint density at radius 3 is 2.79 bits per heavy atom. The largest absolute Gasteiger partial charge is 0.444 e. The number of aryl methyl sites for hydroxylation is 1. The molecule has 0 unspecified atom stereocenters. The first-order valence-corrected chi connectivity index (χ1v) is 7.30. The van der Waals surface area contributed by atoms with Gasteiger partial charge in [0.25, 0.3) is 5.91 Å². The van der Waals surface area contributed by atoms with E-state index >= 15 is 0 Å². The van der Waals surface area contributed by atoms with Crippen molar-refractivity contribution in [2.24, 2.45) is 0 Å². The second-order valence-electron chi connectivity index (χ2n) is 5.30. The molecule has 0 saturated heterocycles. The van der Waals surface area contributed by atoms with Gasteiger partial charge in [-0.05, 0) is 32.9 Å². The van der Waals surface area contributed by atoms with Crippen LogP contribution in [0.2, 0.25) is 0 Å². The number of hydrogen-bond donors (Lipinski definition) is 1. The van der Waals surface area contributed by atoms with Gasteiger partial charge in [-0.3, -0.25) is 10.1 Å². The van der Waals surface area contributed by atoms with Crippen molar-refractivity contribution in [3.05, 3.63) is 58.7 Å². The molecule has 0 atom stereocenters. The highest BCUT2D eigenvalue weighted by molar-refractivity contribution is 6.04. The molecule has 3 aromatic heterocycles. The summed E-state index contributed by atoms with van der Waals surface area (Å²) >= 11 is 0. The van der Waals surface area contributed by atoms with Gasteiger partial charge < -0.3 is 4.42 Å². The summed E-state index contributed by atoms with van der Waals surface area (Å²) in [6.45, 7) is 5.30. The summed E-state index contributed by atoms with van der Waals surface area (Å²) in [5.41, 5.74) is 2.07. The fourth-order valence-corrected chi connectivity index (χ4v) is 2.36. The number of nitrogens with zero attached hydrogens (tertiary/aromatic N) is 4. The average molecular weight is 321 g/mol. The molecule has 3 rings (SSSR count). The van der Waals surface area contributed by atoms with Gasteiger partial charge in [-0.2, -0.15) is 10.4 Å². The maximum absolute atomic E-state index is 12.5. The molecule has 7 heteroatoms. The van der Waals surface area contributed by atoms with E-state index in [2.05, 4.69) is 15.4 Å². The van der Waals surface area contributed by atoms with E-state index in [1.54, 1.807) is 43.8 Å². The molecule has 120 valence electrons. The minimum Gasteiger partial charge on any atom is -0.444 e. The lowest BCUT2D eigenvalue weighted by molar-refractivity contribution is 0.102. The lowest BCUT2D eigenvalue weighted by atomic mass is 10.2. The Morgan fingerprint density at radius 2 is 2.12 bits per heavy atom. The van der Waals surface area contributed by atoms with Crippen LogP contribution in [0.5, 0.6) is 0 Å². The van der Waals surface area contributed by atoms with Crippen LogP contribution in [-0.4, -0.2) is 20.7 Å². The third kappa shape index (κ3) is 2.54. The van der Waals surface area contributed by atoms with E-state index in [4.69, 9.17) is 4.42 Å². The van der Waals surface area contributed by atoms with Crippen LogP contribution < -0.4 is 5.32 Å². The number of pyridine rings is 1. The lowest BCUT2D eigenvalue weighted by Gasteiger charge is -2.04. The van der Waals surface area contributed by atoms with Crippen LogP contribution in [0, 0.1) is 32.1 Å². The van der Waals surface area contributed by atoms with E-state index in [9.17, 15) is 10.1 Å². The van der Waals surface area contributed by atoms with Gasteiger partial charge in [0.2, 0.25) is 5.88 Å². The fourth-order valence-electron chi connectivity index (χ4n) is 2.36. The number of rotatable bonds is 3. The Labute approximate surface area is 138 Å². The van der Waals surface area contributed by atoms with Crippen molar-refractivity contribution in [1.29, 1.82) is 5.26 Å². The van der Waals surface area contributed by atoms with Gasteiger partial charge in [0, 0.05) is 11.8 Å². The molecule has 0 radical (unpaired) electrons. The van der Waals surface area contributed by atoms with E-state index in [0.29, 0.717) is 34.0 Å². The predicted octanol–water partition coefficient (Wildman–Crippen LogP) is 2.91. The van der Waals surface area contributed by atoms with Crippen LogP contribution in [0.3, 0.4) is 0 Å².